The first-order chi connectivity index (χ1) is 6.56. The molecule has 0 bridgehead atoms. The van der Waals surface area contributed by atoms with Crippen LogP contribution in [0.4, 0.5) is 0 Å². The summed E-state index contributed by atoms with van der Waals surface area (Å²) in [5.41, 5.74) is 8.99. The number of nitrogens with two attached hydrogens (primary N) is 1. The predicted molar refractivity (Wildman–Crippen MR) is 58.2 cm³/mol. The number of aryl methyl sites for hydroxylation is 2. The van der Waals surface area contributed by atoms with Gasteiger partial charge in [0.25, 0.3) is 0 Å². The Balaban J connectivity index is 2.99. The highest BCUT2D eigenvalue weighted by Crippen LogP contribution is 2.19. The summed E-state index contributed by atoms with van der Waals surface area (Å²) in [7, 11) is 0. The van der Waals surface area contributed by atoms with E-state index in [1.165, 1.54) is 0 Å². The van der Waals surface area contributed by atoms with Gasteiger partial charge in [-0.05, 0) is 20.3 Å². The molecule has 1 rings (SSSR count). The third-order valence-electron chi connectivity index (χ3n) is 2.66. The van der Waals surface area contributed by atoms with Crippen molar-refractivity contribution in [3.63, 3.8) is 0 Å². The van der Waals surface area contributed by atoms with Gasteiger partial charge in [-0.15, -0.1) is 0 Å². The monoisotopic (exact) mass is 193 g/mol. The van der Waals surface area contributed by atoms with E-state index in [1.807, 2.05) is 13.8 Å². The smallest absolute Gasteiger partial charge is 0.0662 e. The molecule has 0 saturated carbocycles. The van der Waals surface area contributed by atoms with Crippen LogP contribution in [0.1, 0.15) is 43.3 Å². The predicted octanol–water partition coefficient (Wildman–Crippen LogP) is 1.93. The Morgan fingerprint density at radius 1 is 1.43 bits per heavy atom. The highest BCUT2D eigenvalue weighted by atomic mass is 14.8. The van der Waals surface area contributed by atoms with Crippen LogP contribution >= 0.6 is 0 Å². The second kappa shape index (κ2) is 4.51. The molecular formula is C11H19N3. The molecule has 1 aromatic heterocycles. The average molecular weight is 193 g/mol. The molecule has 0 aliphatic carbocycles. The fraction of sp³-hybridized carbons (Fsp3) is 0.636. The fourth-order valence-corrected chi connectivity index (χ4v) is 1.54. The maximum absolute atomic E-state index is 6.00. The minimum absolute atomic E-state index is 0.171. The molecular weight excluding hydrogens is 174 g/mol. The van der Waals surface area contributed by atoms with Crippen LogP contribution in [0.3, 0.4) is 0 Å². The summed E-state index contributed by atoms with van der Waals surface area (Å²) in [5.74, 6) is 0.285. The number of hydrogen-bond acceptors (Lipinski definition) is 3. The molecule has 0 fully saturated rings. The van der Waals surface area contributed by atoms with Gasteiger partial charge in [-0.25, -0.2) is 0 Å². The molecule has 1 aromatic rings. The van der Waals surface area contributed by atoms with Gasteiger partial charge in [0.2, 0.25) is 0 Å². The van der Waals surface area contributed by atoms with Crippen molar-refractivity contribution in [3.8, 4) is 0 Å². The van der Waals surface area contributed by atoms with Crippen LogP contribution in [0, 0.1) is 13.8 Å². The zero-order valence-corrected chi connectivity index (χ0v) is 9.41. The van der Waals surface area contributed by atoms with Crippen LogP contribution in [0.2, 0.25) is 0 Å². The molecule has 0 radical (unpaired) electrons. The normalized spacial score (nSPS) is 15.2. The molecule has 0 spiro atoms. The van der Waals surface area contributed by atoms with Gasteiger partial charge >= 0.3 is 0 Å². The maximum atomic E-state index is 6.00. The fourth-order valence-electron chi connectivity index (χ4n) is 1.54. The van der Waals surface area contributed by atoms with Crippen molar-refractivity contribution in [2.24, 2.45) is 5.73 Å². The second-order valence-corrected chi connectivity index (χ2v) is 3.84. The Morgan fingerprint density at radius 2 is 2.07 bits per heavy atom. The number of aromatic nitrogens is 2. The van der Waals surface area contributed by atoms with Crippen LogP contribution in [-0.4, -0.2) is 16.0 Å². The van der Waals surface area contributed by atoms with Gasteiger partial charge in [-0.1, -0.05) is 13.8 Å². The van der Waals surface area contributed by atoms with E-state index in [1.54, 1.807) is 6.20 Å². The topological polar surface area (TPSA) is 51.8 Å². The molecule has 14 heavy (non-hydrogen) atoms. The lowest BCUT2D eigenvalue weighted by atomic mass is 9.95. The number of nitrogens with zero attached hydrogens (tertiary/aromatic N) is 2. The van der Waals surface area contributed by atoms with E-state index in [2.05, 4.69) is 23.8 Å². The molecule has 0 aliphatic rings. The van der Waals surface area contributed by atoms with Crippen LogP contribution in [0.5, 0.6) is 0 Å². The van der Waals surface area contributed by atoms with Crippen molar-refractivity contribution >= 4 is 0 Å². The average Bonchev–Trinajstić information content (AvgIpc) is 2.19. The van der Waals surface area contributed by atoms with Gasteiger partial charge in [0, 0.05) is 18.2 Å². The lowest BCUT2D eigenvalue weighted by molar-refractivity contribution is 0.535. The van der Waals surface area contributed by atoms with Gasteiger partial charge in [0.1, 0.15) is 0 Å². The quantitative estimate of drug-likeness (QED) is 0.798. The lowest BCUT2D eigenvalue weighted by Gasteiger charge is -2.19. The van der Waals surface area contributed by atoms with Crippen molar-refractivity contribution in [1.29, 1.82) is 0 Å². The van der Waals surface area contributed by atoms with Crippen molar-refractivity contribution in [2.75, 3.05) is 0 Å². The Kier molecular flexibility index (Phi) is 3.58. The van der Waals surface area contributed by atoms with Crippen LogP contribution in [0.15, 0.2) is 6.20 Å². The Hall–Kier alpha value is -0.960. The lowest BCUT2D eigenvalue weighted by Crippen LogP contribution is -2.27. The SMILES string of the molecule is CCC(N)C(C)c1nc(C)cnc1C. The third-order valence-corrected chi connectivity index (χ3v) is 2.66. The Bertz CT molecular complexity index is 309. The highest BCUT2D eigenvalue weighted by Gasteiger charge is 2.17. The van der Waals surface area contributed by atoms with Gasteiger partial charge < -0.3 is 5.73 Å². The molecule has 3 nitrogen and oxygen atoms in total. The highest BCUT2D eigenvalue weighted by molar-refractivity contribution is 5.17. The van der Waals surface area contributed by atoms with E-state index in [4.69, 9.17) is 5.73 Å². The van der Waals surface area contributed by atoms with Gasteiger partial charge in [-0.2, -0.15) is 0 Å². The van der Waals surface area contributed by atoms with E-state index in [0.717, 1.165) is 23.5 Å². The first-order valence-corrected chi connectivity index (χ1v) is 5.12. The Morgan fingerprint density at radius 3 is 2.64 bits per heavy atom. The maximum Gasteiger partial charge on any atom is 0.0662 e. The Labute approximate surface area is 85.8 Å². The summed E-state index contributed by atoms with van der Waals surface area (Å²) in [6, 6.07) is 0.171. The molecule has 1 heterocycles. The molecule has 78 valence electrons. The first-order valence-electron chi connectivity index (χ1n) is 5.12. The number of hydrogen-bond donors (Lipinski definition) is 1. The van der Waals surface area contributed by atoms with E-state index < -0.39 is 0 Å². The summed E-state index contributed by atoms with van der Waals surface area (Å²) in [6.07, 6.45) is 2.76. The summed E-state index contributed by atoms with van der Waals surface area (Å²) >= 11 is 0. The van der Waals surface area contributed by atoms with Crippen molar-refractivity contribution in [3.05, 3.63) is 23.3 Å². The largest absolute Gasteiger partial charge is 0.327 e. The molecule has 2 N–H and O–H groups in total. The second-order valence-electron chi connectivity index (χ2n) is 3.84. The van der Waals surface area contributed by atoms with E-state index in [0.29, 0.717) is 0 Å². The molecule has 2 unspecified atom stereocenters. The minimum atomic E-state index is 0.171. The van der Waals surface area contributed by atoms with Gasteiger partial charge in [-0.3, -0.25) is 9.97 Å². The molecule has 0 aliphatic heterocycles. The van der Waals surface area contributed by atoms with Crippen molar-refractivity contribution in [2.45, 2.75) is 46.1 Å². The minimum Gasteiger partial charge on any atom is -0.327 e. The molecule has 0 aromatic carbocycles. The van der Waals surface area contributed by atoms with E-state index in [-0.39, 0.29) is 12.0 Å². The standard InChI is InChI=1S/C11H19N3/c1-5-10(12)8(3)11-9(4)13-6-7(2)14-11/h6,8,10H,5,12H2,1-4H3. The van der Waals surface area contributed by atoms with Gasteiger partial charge in [0.05, 0.1) is 17.1 Å². The summed E-state index contributed by atoms with van der Waals surface area (Å²) in [4.78, 5) is 8.80. The molecule has 0 saturated heterocycles. The molecule has 2 atom stereocenters. The zero-order chi connectivity index (χ0) is 10.7. The van der Waals surface area contributed by atoms with Crippen molar-refractivity contribution in [1.82, 2.24) is 9.97 Å². The van der Waals surface area contributed by atoms with Gasteiger partial charge in [0.15, 0.2) is 0 Å². The van der Waals surface area contributed by atoms with Crippen LogP contribution in [0.25, 0.3) is 0 Å². The summed E-state index contributed by atoms with van der Waals surface area (Å²) < 4.78 is 0. The molecule has 0 amide bonds. The zero-order valence-electron chi connectivity index (χ0n) is 9.41. The summed E-state index contributed by atoms with van der Waals surface area (Å²) in [6.45, 7) is 8.16. The van der Waals surface area contributed by atoms with E-state index in [9.17, 15) is 0 Å². The molecule has 3 heteroatoms. The first kappa shape index (κ1) is 11.1. The van der Waals surface area contributed by atoms with Crippen molar-refractivity contribution < 1.29 is 0 Å². The van der Waals surface area contributed by atoms with E-state index >= 15 is 0 Å². The van der Waals surface area contributed by atoms with Crippen LogP contribution < -0.4 is 5.73 Å². The third kappa shape index (κ3) is 2.29. The summed E-state index contributed by atoms with van der Waals surface area (Å²) in [5, 5.41) is 0. The number of rotatable bonds is 3. The van der Waals surface area contributed by atoms with Crippen LogP contribution in [-0.2, 0) is 0 Å².